The number of hydrogen-bond donors (Lipinski definition) is 1. The maximum atomic E-state index is 3.62. The summed E-state index contributed by atoms with van der Waals surface area (Å²) in [5.41, 5.74) is 4.37. The maximum absolute atomic E-state index is 3.62. The normalized spacial score (nSPS) is 20.3. The van der Waals surface area contributed by atoms with E-state index >= 15 is 0 Å². The zero-order chi connectivity index (χ0) is 13.2. The van der Waals surface area contributed by atoms with Gasteiger partial charge in [0, 0.05) is 19.6 Å². The first-order chi connectivity index (χ1) is 9.25. The largest absolute Gasteiger partial charge is 0.383 e. The van der Waals surface area contributed by atoms with Crippen LogP contribution in [-0.2, 0) is 6.42 Å². The van der Waals surface area contributed by atoms with Crippen LogP contribution < -0.4 is 10.2 Å². The second kappa shape index (κ2) is 5.44. The van der Waals surface area contributed by atoms with Gasteiger partial charge in [0.25, 0.3) is 0 Å². The molecule has 0 aliphatic carbocycles. The summed E-state index contributed by atoms with van der Waals surface area (Å²) in [6.07, 6.45) is 5.20. The molecule has 0 unspecified atom stereocenters. The fourth-order valence-corrected chi connectivity index (χ4v) is 3.56. The Hall–Kier alpha value is -1.18. The summed E-state index contributed by atoms with van der Waals surface area (Å²) in [5.74, 6) is 1.76. The van der Waals surface area contributed by atoms with Crippen molar-refractivity contribution >= 4 is 11.4 Å². The van der Waals surface area contributed by atoms with E-state index in [1.807, 2.05) is 0 Å². The first kappa shape index (κ1) is 12.8. The summed E-state index contributed by atoms with van der Waals surface area (Å²) in [6, 6.07) is 6.81. The lowest BCUT2D eigenvalue weighted by Gasteiger charge is -2.37. The van der Waals surface area contributed by atoms with Crippen LogP contribution in [0, 0.1) is 11.8 Å². The molecule has 2 aliphatic rings. The molecule has 3 rings (SSSR count). The topological polar surface area (TPSA) is 15.3 Å². The molecule has 0 saturated carbocycles. The molecule has 1 N–H and O–H groups in total. The van der Waals surface area contributed by atoms with E-state index in [1.165, 1.54) is 55.7 Å². The number of anilines is 2. The number of piperidine rings is 1. The summed E-state index contributed by atoms with van der Waals surface area (Å²) in [7, 11) is 0. The molecule has 0 bridgehead atoms. The minimum Gasteiger partial charge on any atom is -0.383 e. The molecule has 1 fully saturated rings. The molecule has 0 aromatic heterocycles. The highest BCUT2D eigenvalue weighted by Crippen LogP contribution is 2.35. The average Bonchev–Trinajstić information content (AvgIpc) is 2.47. The number of nitrogens with one attached hydrogen (secondary N) is 1. The molecule has 2 aliphatic heterocycles. The highest BCUT2D eigenvalue weighted by Gasteiger charge is 2.24. The van der Waals surface area contributed by atoms with Gasteiger partial charge in [0.1, 0.15) is 0 Å². The Balaban J connectivity index is 1.77. The van der Waals surface area contributed by atoms with Gasteiger partial charge in [-0.2, -0.15) is 0 Å². The van der Waals surface area contributed by atoms with Gasteiger partial charge >= 0.3 is 0 Å². The summed E-state index contributed by atoms with van der Waals surface area (Å²) < 4.78 is 0. The van der Waals surface area contributed by atoms with Crippen molar-refractivity contribution in [3.8, 4) is 0 Å². The van der Waals surface area contributed by atoms with Crippen molar-refractivity contribution in [2.75, 3.05) is 29.9 Å². The van der Waals surface area contributed by atoms with E-state index < -0.39 is 0 Å². The van der Waals surface area contributed by atoms with Crippen molar-refractivity contribution in [3.63, 3.8) is 0 Å². The van der Waals surface area contributed by atoms with E-state index in [0.717, 1.165) is 18.4 Å². The minimum absolute atomic E-state index is 0.838. The van der Waals surface area contributed by atoms with Crippen molar-refractivity contribution in [1.82, 2.24) is 0 Å². The number of aryl methyl sites for hydroxylation is 1. The molecule has 2 heteroatoms. The quantitative estimate of drug-likeness (QED) is 0.865. The van der Waals surface area contributed by atoms with E-state index in [-0.39, 0.29) is 0 Å². The number of fused-ring (bicyclic) bond motifs is 1. The average molecular weight is 258 g/mol. The lowest BCUT2D eigenvalue weighted by Crippen LogP contribution is -2.36. The molecule has 1 saturated heterocycles. The number of hydrogen-bond acceptors (Lipinski definition) is 2. The van der Waals surface area contributed by atoms with Gasteiger partial charge in [0.15, 0.2) is 0 Å². The lowest BCUT2D eigenvalue weighted by atomic mass is 9.86. The van der Waals surface area contributed by atoms with E-state index in [9.17, 15) is 0 Å². The fourth-order valence-electron chi connectivity index (χ4n) is 3.56. The molecule has 1 aromatic rings. The van der Waals surface area contributed by atoms with Crippen molar-refractivity contribution in [1.29, 1.82) is 0 Å². The van der Waals surface area contributed by atoms with Crippen LogP contribution >= 0.6 is 0 Å². The zero-order valence-electron chi connectivity index (χ0n) is 12.3. The second-order valence-electron chi connectivity index (χ2n) is 6.41. The monoisotopic (exact) mass is 258 g/mol. The van der Waals surface area contributed by atoms with Crippen molar-refractivity contribution < 1.29 is 0 Å². The Morgan fingerprint density at radius 1 is 1.21 bits per heavy atom. The Morgan fingerprint density at radius 2 is 2.00 bits per heavy atom. The Bertz CT molecular complexity index is 431. The Morgan fingerprint density at radius 3 is 2.74 bits per heavy atom. The summed E-state index contributed by atoms with van der Waals surface area (Å²) in [4.78, 5) is 2.59. The van der Waals surface area contributed by atoms with Gasteiger partial charge in [-0.3, -0.25) is 0 Å². The Kier molecular flexibility index (Phi) is 3.67. The number of rotatable bonds is 2. The van der Waals surface area contributed by atoms with Crippen LogP contribution in [0.3, 0.4) is 0 Å². The van der Waals surface area contributed by atoms with Crippen LogP contribution in [0.4, 0.5) is 11.4 Å². The van der Waals surface area contributed by atoms with Gasteiger partial charge < -0.3 is 10.2 Å². The van der Waals surface area contributed by atoms with Gasteiger partial charge in [-0.25, -0.2) is 0 Å². The molecule has 104 valence electrons. The second-order valence-corrected chi connectivity index (χ2v) is 6.41. The fraction of sp³-hybridized carbons (Fsp3) is 0.647. The van der Waals surface area contributed by atoms with E-state index in [0.29, 0.717) is 0 Å². The molecule has 0 atom stereocenters. The summed E-state index contributed by atoms with van der Waals surface area (Å²) >= 11 is 0. The predicted molar refractivity (Wildman–Crippen MR) is 83.0 cm³/mol. The number of para-hydroxylation sites is 1. The van der Waals surface area contributed by atoms with E-state index in [1.54, 1.807) is 0 Å². The van der Waals surface area contributed by atoms with Crippen molar-refractivity contribution in [2.24, 2.45) is 11.8 Å². The number of benzene rings is 1. The lowest BCUT2D eigenvalue weighted by molar-refractivity contribution is 0.311. The van der Waals surface area contributed by atoms with Crippen molar-refractivity contribution in [3.05, 3.63) is 23.8 Å². The minimum atomic E-state index is 0.838. The standard InChI is InChI=1S/C17H26N2/c1-13(2)14-8-11-19(12-9-14)16-7-3-5-15-6-4-10-18-17(15)16/h3,5,7,13-14,18H,4,6,8-12H2,1-2H3. The highest BCUT2D eigenvalue weighted by molar-refractivity contribution is 5.74. The molecule has 2 nitrogen and oxygen atoms in total. The molecular formula is C17H26N2. The van der Waals surface area contributed by atoms with Crippen LogP contribution in [-0.4, -0.2) is 19.6 Å². The van der Waals surface area contributed by atoms with Crippen LogP contribution in [0.1, 0.15) is 38.7 Å². The molecule has 0 amide bonds. The molecule has 1 aromatic carbocycles. The van der Waals surface area contributed by atoms with Crippen molar-refractivity contribution in [2.45, 2.75) is 39.5 Å². The first-order valence-corrected chi connectivity index (χ1v) is 7.86. The number of nitrogens with zero attached hydrogens (tertiary/aromatic N) is 1. The van der Waals surface area contributed by atoms with Crippen LogP contribution in [0.15, 0.2) is 18.2 Å². The van der Waals surface area contributed by atoms with Gasteiger partial charge in [-0.15, -0.1) is 0 Å². The van der Waals surface area contributed by atoms with E-state index in [2.05, 4.69) is 42.3 Å². The van der Waals surface area contributed by atoms with Crippen LogP contribution in [0.5, 0.6) is 0 Å². The van der Waals surface area contributed by atoms with Gasteiger partial charge in [0.2, 0.25) is 0 Å². The van der Waals surface area contributed by atoms with Crippen LogP contribution in [0.25, 0.3) is 0 Å². The molecular weight excluding hydrogens is 232 g/mol. The smallest absolute Gasteiger partial charge is 0.0610 e. The summed E-state index contributed by atoms with van der Waals surface area (Å²) in [6.45, 7) is 8.31. The third kappa shape index (κ3) is 2.58. The van der Waals surface area contributed by atoms with Gasteiger partial charge in [-0.1, -0.05) is 26.0 Å². The maximum Gasteiger partial charge on any atom is 0.0610 e. The SMILES string of the molecule is CC(C)C1CCN(c2cccc3c2NCCC3)CC1. The third-order valence-electron chi connectivity index (χ3n) is 4.88. The third-order valence-corrected chi connectivity index (χ3v) is 4.88. The first-order valence-electron chi connectivity index (χ1n) is 7.86. The van der Waals surface area contributed by atoms with Crippen LogP contribution in [0.2, 0.25) is 0 Å². The zero-order valence-corrected chi connectivity index (χ0v) is 12.3. The molecule has 0 radical (unpaired) electrons. The predicted octanol–water partition coefficient (Wildman–Crippen LogP) is 3.92. The molecule has 2 heterocycles. The summed E-state index contributed by atoms with van der Waals surface area (Å²) in [5, 5.41) is 3.62. The van der Waals surface area contributed by atoms with E-state index in [4.69, 9.17) is 0 Å². The van der Waals surface area contributed by atoms with Gasteiger partial charge in [0.05, 0.1) is 11.4 Å². The molecule has 0 spiro atoms. The highest BCUT2D eigenvalue weighted by atomic mass is 15.2. The Labute approximate surface area is 117 Å². The molecule has 19 heavy (non-hydrogen) atoms. The van der Waals surface area contributed by atoms with Gasteiger partial charge in [-0.05, 0) is 49.1 Å².